The Morgan fingerprint density at radius 3 is 2.76 bits per heavy atom. The Hall–Kier alpha value is -2.23. The number of fused-ring (bicyclic) bond motifs is 1. The van der Waals surface area contributed by atoms with Crippen LogP contribution in [0.15, 0.2) is 18.2 Å². The molecule has 3 rings (SSSR count). The molecule has 1 fully saturated rings. The topological polar surface area (TPSA) is 68.0 Å². The lowest BCUT2D eigenvalue weighted by Crippen LogP contribution is -2.45. The molecule has 2 heterocycles. The van der Waals surface area contributed by atoms with Crippen molar-refractivity contribution < 1.29 is 14.3 Å². The van der Waals surface area contributed by atoms with E-state index in [9.17, 15) is 4.79 Å². The Morgan fingerprint density at radius 2 is 2.06 bits per heavy atom. The highest BCUT2D eigenvalue weighted by Gasteiger charge is 2.38. The molecule has 182 valence electrons. The van der Waals surface area contributed by atoms with Gasteiger partial charge < -0.3 is 20.1 Å². The summed E-state index contributed by atoms with van der Waals surface area (Å²) in [4.78, 5) is 17.5. The smallest absolute Gasteiger partial charge is 0.236 e. The minimum Gasteiger partial charge on any atom is -0.454 e. The molecule has 6 heteroatoms. The largest absolute Gasteiger partial charge is 0.454 e. The van der Waals surface area contributed by atoms with Crippen LogP contribution < -0.4 is 15.2 Å². The third kappa shape index (κ3) is 6.43. The van der Waals surface area contributed by atoms with E-state index in [1.807, 2.05) is 11.0 Å². The summed E-state index contributed by atoms with van der Waals surface area (Å²) in [5.41, 5.74) is 6.87. The molecule has 3 atom stereocenters. The average molecular weight is 456 g/mol. The maximum Gasteiger partial charge on any atom is 0.236 e. The van der Waals surface area contributed by atoms with E-state index in [0.29, 0.717) is 25.6 Å². The Kier molecular flexibility index (Phi) is 9.05. The van der Waals surface area contributed by atoms with Crippen LogP contribution in [0.1, 0.15) is 70.8 Å². The number of terminal acetylenes is 1. The molecule has 0 radical (unpaired) electrons. The molecule has 0 saturated carbocycles. The van der Waals surface area contributed by atoms with E-state index in [1.165, 1.54) is 5.56 Å². The van der Waals surface area contributed by atoms with Gasteiger partial charge in [0.1, 0.15) is 0 Å². The van der Waals surface area contributed by atoms with Crippen molar-refractivity contribution in [1.29, 1.82) is 0 Å². The van der Waals surface area contributed by atoms with Crippen LogP contribution >= 0.6 is 0 Å². The summed E-state index contributed by atoms with van der Waals surface area (Å²) in [7, 11) is 0. The second kappa shape index (κ2) is 11.8. The van der Waals surface area contributed by atoms with Crippen molar-refractivity contribution in [3.8, 4) is 23.8 Å². The van der Waals surface area contributed by atoms with Gasteiger partial charge in [0.05, 0.1) is 6.54 Å². The molecule has 1 aromatic carbocycles. The Bertz CT molecular complexity index is 836. The summed E-state index contributed by atoms with van der Waals surface area (Å²) >= 11 is 0. The second-order valence-electron chi connectivity index (χ2n) is 9.81. The van der Waals surface area contributed by atoms with Crippen LogP contribution in [0.4, 0.5) is 0 Å². The van der Waals surface area contributed by atoms with Gasteiger partial charge in [0.15, 0.2) is 11.5 Å². The molecule has 2 aliphatic rings. The molecule has 33 heavy (non-hydrogen) atoms. The van der Waals surface area contributed by atoms with Gasteiger partial charge in [-0.2, -0.15) is 0 Å². The summed E-state index contributed by atoms with van der Waals surface area (Å²) in [6, 6.07) is 6.50. The fourth-order valence-corrected chi connectivity index (χ4v) is 5.24. The van der Waals surface area contributed by atoms with Gasteiger partial charge >= 0.3 is 0 Å². The van der Waals surface area contributed by atoms with E-state index >= 15 is 0 Å². The number of nitrogens with zero attached hydrogens (tertiary/aromatic N) is 2. The number of hydrogen-bond acceptors (Lipinski definition) is 5. The average Bonchev–Trinajstić information content (AvgIpc) is 3.43. The molecule has 2 N–H and O–H groups in total. The lowest BCUT2D eigenvalue weighted by molar-refractivity contribution is -0.132. The van der Waals surface area contributed by atoms with Gasteiger partial charge in [-0.3, -0.25) is 9.69 Å². The lowest BCUT2D eigenvalue weighted by atomic mass is 9.79. The zero-order valence-electron chi connectivity index (χ0n) is 20.6. The quantitative estimate of drug-likeness (QED) is 0.483. The highest BCUT2D eigenvalue weighted by atomic mass is 16.7. The van der Waals surface area contributed by atoms with Gasteiger partial charge in [-0.1, -0.05) is 32.8 Å². The highest BCUT2D eigenvalue weighted by Crippen LogP contribution is 2.42. The Labute approximate surface area is 199 Å². The maximum absolute atomic E-state index is 13.2. The van der Waals surface area contributed by atoms with Crippen molar-refractivity contribution in [1.82, 2.24) is 9.80 Å². The summed E-state index contributed by atoms with van der Waals surface area (Å²) in [6.45, 7) is 9.92. The predicted octanol–water partition coefficient (Wildman–Crippen LogP) is 3.99. The van der Waals surface area contributed by atoms with Crippen LogP contribution in [0.5, 0.6) is 11.5 Å². The van der Waals surface area contributed by atoms with Gasteiger partial charge in [-0.15, -0.1) is 12.3 Å². The highest BCUT2D eigenvalue weighted by molar-refractivity contribution is 5.78. The summed E-state index contributed by atoms with van der Waals surface area (Å²) < 4.78 is 11.1. The minimum absolute atomic E-state index is 0.163. The number of rotatable bonds is 12. The van der Waals surface area contributed by atoms with E-state index in [2.05, 4.69) is 43.7 Å². The molecule has 1 aromatic rings. The fraction of sp³-hybridized carbons (Fsp3) is 0.667. The molecule has 0 aliphatic carbocycles. The SMILES string of the molecule is C#C[C@@](C)(CCC)C[C@H]1C[C@@H](c2ccc3c(c2)OCO3)CN1CC(=O)N(CCN)CCCC. The number of nitrogens with two attached hydrogens (primary N) is 1. The number of carbonyl (C=O) groups excluding carboxylic acids is 1. The molecule has 0 spiro atoms. The first-order valence-electron chi connectivity index (χ1n) is 12.5. The van der Waals surface area contributed by atoms with Crippen LogP contribution in [0.2, 0.25) is 0 Å². The van der Waals surface area contributed by atoms with Crippen LogP contribution in [0, 0.1) is 17.8 Å². The van der Waals surface area contributed by atoms with Crippen molar-refractivity contribution >= 4 is 5.91 Å². The van der Waals surface area contributed by atoms with Crippen molar-refractivity contribution in [2.75, 3.05) is 39.5 Å². The molecule has 0 bridgehead atoms. The number of likely N-dealkylation sites (tertiary alicyclic amines) is 1. The second-order valence-corrected chi connectivity index (χ2v) is 9.81. The van der Waals surface area contributed by atoms with E-state index in [0.717, 1.165) is 63.1 Å². The number of carbonyl (C=O) groups is 1. The first-order valence-corrected chi connectivity index (χ1v) is 12.5. The normalized spacial score (nSPS) is 21.5. The van der Waals surface area contributed by atoms with Crippen LogP contribution in [0.25, 0.3) is 0 Å². The van der Waals surface area contributed by atoms with E-state index in [4.69, 9.17) is 21.6 Å². The first-order chi connectivity index (χ1) is 15.9. The predicted molar refractivity (Wildman–Crippen MR) is 132 cm³/mol. The van der Waals surface area contributed by atoms with Crippen molar-refractivity contribution in [3.05, 3.63) is 23.8 Å². The molecule has 1 amide bonds. The van der Waals surface area contributed by atoms with E-state index < -0.39 is 0 Å². The molecule has 2 aliphatic heterocycles. The van der Waals surface area contributed by atoms with Gasteiger partial charge in [0, 0.05) is 37.6 Å². The Morgan fingerprint density at radius 1 is 1.27 bits per heavy atom. The molecule has 0 unspecified atom stereocenters. The Balaban J connectivity index is 1.78. The molecular weight excluding hydrogens is 414 g/mol. The monoisotopic (exact) mass is 455 g/mol. The van der Waals surface area contributed by atoms with E-state index in [1.54, 1.807) is 0 Å². The van der Waals surface area contributed by atoms with Gasteiger partial charge in [0.2, 0.25) is 12.7 Å². The molecule has 0 aromatic heterocycles. The van der Waals surface area contributed by atoms with Crippen LogP contribution in [0.3, 0.4) is 0 Å². The minimum atomic E-state index is -0.163. The van der Waals surface area contributed by atoms with Crippen LogP contribution in [-0.2, 0) is 4.79 Å². The number of ether oxygens (including phenoxy) is 2. The van der Waals surface area contributed by atoms with E-state index in [-0.39, 0.29) is 24.2 Å². The summed E-state index contributed by atoms with van der Waals surface area (Å²) in [5.74, 6) is 5.18. The van der Waals surface area contributed by atoms with Gasteiger partial charge in [-0.25, -0.2) is 0 Å². The van der Waals surface area contributed by atoms with Crippen molar-refractivity contribution in [2.24, 2.45) is 11.1 Å². The van der Waals surface area contributed by atoms with Gasteiger partial charge in [-0.05, 0) is 56.2 Å². The first kappa shape index (κ1) is 25.4. The zero-order valence-corrected chi connectivity index (χ0v) is 20.6. The lowest BCUT2D eigenvalue weighted by Gasteiger charge is -2.33. The third-order valence-electron chi connectivity index (χ3n) is 7.10. The number of benzene rings is 1. The van der Waals surface area contributed by atoms with Gasteiger partial charge in [0.25, 0.3) is 0 Å². The maximum atomic E-state index is 13.2. The fourth-order valence-electron chi connectivity index (χ4n) is 5.24. The standard InChI is InChI=1S/C27H41N3O3/c1-5-8-13-29(14-12-28)26(31)19-30-18-22(15-23(30)17-27(4,7-3)11-6-2)21-9-10-24-25(16-21)33-20-32-24/h3,9-10,16,22-23H,5-6,8,11-15,17-20,28H2,1-2,4H3/t22-,23-,27+/m1/s1. The molecule has 6 nitrogen and oxygen atoms in total. The third-order valence-corrected chi connectivity index (χ3v) is 7.10. The molecular formula is C27H41N3O3. The molecule has 1 saturated heterocycles. The zero-order chi connectivity index (χ0) is 23.8. The number of amides is 1. The number of unbranched alkanes of at least 4 members (excludes halogenated alkanes) is 1. The number of hydrogen-bond donors (Lipinski definition) is 1. The summed E-state index contributed by atoms with van der Waals surface area (Å²) in [5, 5.41) is 0. The van der Waals surface area contributed by atoms with Crippen LogP contribution in [-0.4, -0.2) is 61.3 Å². The van der Waals surface area contributed by atoms with Crippen molar-refractivity contribution in [3.63, 3.8) is 0 Å². The van der Waals surface area contributed by atoms with Crippen molar-refractivity contribution in [2.45, 2.75) is 71.3 Å². The summed E-state index contributed by atoms with van der Waals surface area (Å²) in [6.07, 6.45) is 12.0.